The summed E-state index contributed by atoms with van der Waals surface area (Å²) in [6, 6.07) is 6.22. The van der Waals surface area contributed by atoms with Crippen LogP contribution in [-0.4, -0.2) is 27.0 Å². The largest absolute Gasteiger partial charge is 0.478 e. The summed E-state index contributed by atoms with van der Waals surface area (Å²) in [6.07, 6.45) is 2.87. The topological polar surface area (TPSA) is 92.2 Å². The predicted molar refractivity (Wildman–Crippen MR) is 68.1 cm³/mol. The van der Waals surface area contributed by atoms with E-state index >= 15 is 0 Å². The van der Waals surface area contributed by atoms with Gasteiger partial charge in [-0.15, -0.1) is 0 Å². The molecule has 0 aliphatic heterocycles. The number of carbonyl (C=O) groups excluding carboxylic acids is 1. The highest BCUT2D eigenvalue weighted by atomic mass is 16.4. The maximum absolute atomic E-state index is 12.0. The molecule has 0 bridgehead atoms. The van der Waals surface area contributed by atoms with Crippen LogP contribution in [0.15, 0.2) is 36.7 Å². The summed E-state index contributed by atoms with van der Waals surface area (Å²) in [5.74, 6) is -1.77. The summed E-state index contributed by atoms with van der Waals surface area (Å²) in [5, 5.41) is 11.5. The van der Waals surface area contributed by atoms with E-state index in [1.165, 1.54) is 24.5 Å². The van der Waals surface area contributed by atoms with Gasteiger partial charge in [-0.1, -0.05) is 0 Å². The van der Waals surface area contributed by atoms with Crippen molar-refractivity contribution in [3.8, 4) is 0 Å². The van der Waals surface area contributed by atoms with E-state index in [0.29, 0.717) is 5.69 Å². The molecule has 0 saturated carbocycles. The number of hydrogen-bond acceptors (Lipinski definition) is 4. The van der Waals surface area contributed by atoms with Gasteiger partial charge in [0, 0.05) is 11.9 Å². The Kier molecular flexibility index (Phi) is 3.51. The number of aryl methyl sites for hydroxylation is 1. The number of anilines is 1. The molecule has 6 nitrogen and oxygen atoms in total. The number of nitrogens with zero attached hydrogens (tertiary/aromatic N) is 2. The first-order valence-electron chi connectivity index (χ1n) is 5.50. The van der Waals surface area contributed by atoms with Gasteiger partial charge in [-0.2, -0.15) is 0 Å². The third-order valence-corrected chi connectivity index (χ3v) is 2.42. The quantitative estimate of drug-likeness (QED) is 0.873. The molecular formula is C13H11N3O3. The molecule has 0 radical (unpaired) electrons. The van der Waals surface area contributed by atoms with E-state index in [1.807, 2.05) is 6.92 Å². The molecule has 0 spiro atoms. The smallest absolute Gasteiger partial charge is 0.338 e. The van der Waals surface area contributed by atoms with Gasteiger partial charge >= 0.3 is 5.97 Å². The molecule has 2 aromatic heterocycles. The molecular weight excluding hydrogens is 246 g/mol. The van der Waals surface area contributed by atoms with Gasteiger partial charge in [0.15, 0.2) is 0 Å². The molecule has 96 valence electrons. The Balaban J connectivity index is 2.25. The van der Waals surface area contributed by atoms with E-state index in [9.17, 15) is 9.59 Å². The molecule has 1 amide bonds. The molecule has 19 heavy (non-hydrogen) atoms. The zero-order chi connectivity index (χ0) is 13.8. The summed E-state index contributed by atoms with van der Waals surface area (Å²) in [4.78, 5) is 30.8. The maximum atomic E-state index is 12.0. The highest BCUT2D eigenvalue weighted by Crippen LogP contribution is 2.10. The Hall–Kier alpha value is -2.76. The number of carboxylic acid groups (broad SMARTS) is 1. The molecule has 0 aliphatic rings. The van der Waals surface area contributed by atoms with E-state index in [1.54, 1.807) is 12.1 Å². The van der Waals surface area contributed by atoms with Crippen molar-refractivity contribution < 1.29 is 14.7 Å². The molecule has 0 saturated heterocycles. The van der Waals surface area contributed by atoms with E-state index in [0.717, 1.165) is 5.69 Å². The first-order valence-corrected chi connectivity index (χ1v) is 5.50. The number of carboxylic acids is 1. The molecule has 2 rings (SSSR count). The average molecular weight is 257 g/mol. The fraction of sp³-hybridized carbons (Fsp3) is 0.0769. The lowest BCUT2D eigenvalue weighted by molar-refractivity contribution is 0.0691. The van der Waals surface area contributed by atoms with Crippen LogP contribution in [0.2, 0.25) is 0 Å². The Morgan fingerprint density at radius 1 is 1.21 bits per heavy atom. The molecule has 0 aliphatic carbocycles. The highest BCUT2D eigenvalue weighted by Gasteiger charge is 2.17. The minimum absolute atomic E-state index is 0.129. The fourth-order valence-electron chi connectivity index (χ4n) is 1.49. The van der Waals surface area contributed by atoms with Crippen LogP contribution in [0, 0.1) is 6.92 Å². The first kappa shape index (κ1) is 12.7. The van der Waals surface area contributed by atoms with Gasteiger partial charge in [0.2, 0.25) is 0 Å². The number of aromatic carboxylic acids is 1. The van der Waals surface area contributed by atoms with Crippen LogP contribution >= 0.6 is 0 Å². The Labute approximate surface area is 109 Å². The lowest BCUT2D eigenvalue weighted by Gasteiger charge is -2.06. The van der Waals surface area contributed by atoms with Gasteiger partial charge in [0.1, 0.15) is 5.69 Å². The van der Waals surface area contributed by atoms with Gasteiger partial charge in [-0.3, -0.25) is 14.8 Å². The summed E-state index contributed by atoms with van der Waals surface area (Å²) >= 11 is 0. The van der Waals surface area contributed by atoms with Crippen molar-refractivity contribution in [2.24, 2.45) is 0 Å². The number of carbonyl (C=O) groups is 2. The van der Waals surface area contributed by atoms with Crippen molar-refractivity contribution in [3.05, 3.63) is 53.6 Å². The average Bonchev–Trinajstić information content (AvgIpc) is 2.41. The first-order chi connectivity index (χ1) is 9.08. The second kappa shape index (κ2) is 5.26. The third kappa shape index (κ3) is 2.92. The number of nitrogens with one attached hydrogen (secondary N) is 1. The Morgan fingerprint density at radius 2 is 2.00 bits per heavy atom. The minimum atomic E-state index is -1.19. The number of aromatic nitrogens is 2. The maximum Gasteiger partial charge on any atom is 0.338 e. The number of amides is 1. The summed E-state index contributed by atoms with van der Waals surface area (Å²) in [5.41, 5.74) is 1.04. The fourth-order valence-corrected chi connectivity index (χ4v) is 1.49. The normalized spacial score (nSPS) is 9.95. The lowest BCUT2D eigenvalue weighted by Crippen LogP contribution is -2.18. The minimum Gasteiger partial charge on any atom is -0.478 e. The van der Waals surface area contributed by atoms with Crippen molar-refractivity contribution in [1.82, 2.24) is 9.97 Å². The number of pyridine rings is 2. The highest BCUT2D eigenvalue weighted by molar-refractivity contribution is 6.09. The summed E-state index contributed by atoms with van der Waals surface area (Å²) in [7, 11) is 0. The molecule has 6 heteroatoms. The predicted octanol–water partition coefficient (Wildman–Crippen LogP) is 1.74. The van der Waals surface area contributed by atoms with Crippen LogP contribution in [0.1, 0.15) is 26.5 Å². The molecule has 0 unspecified atom stereocenters. The summed E-state index contributed by atoms with van der Waals surface area (Å²) in [6.45, 7) is 1.83. The van der Waals surface area contributed by atoms with Gasteiger partial charge in [-0.05, 0) is 31.2 Å². The molecule has 2 aromatic rings. The monoisotopic (exact) mass is 257 g/mol. The van der Waals surface area contributed by atoms with Crippen LogP contribution in [-0.2, 0) is 0 Å². The van der Waals surface area contributed by atoms with Crippen molar-refractivity contribution in [1.29, 1.82) is 0 Å². The zero-order valence-electron chi connectivity index (χ0n) is 10.1. The van der Waals surface area contributed by atoms with E-state index in [-0.39, 0.29) is 11.3 Å². The number of rotatable bonds is 3. The van der Waals surface area contributed by atoms with Crippen LogP contribution in [0.4, 0.5) is 5.69 Å². The van der Waals surface area contributed by atoms with Gasteiger partial charge in [0.05, 0.1) is 17.4 Å². The molecule has 2 N–H and O–H groups in total. The van der Waals surface area contributed by atoms with Gasteiger partial charge in [-0.25, -0.2) is 4.79 Å². The second-order valence-corrected chi connectivity index (χ2v) is 3.85. The Morgan fingerprint density at radius 3 is 2.63 bits per heavy atom. The van der Waals surface area contributed by atoms with E-state index in [2.05, 4.69) is 15.3 Å². The van der Waals surface area contributed by atoms with Crippen LogP contribution in [0.3, 0.4) is 0 Å². The standard InChI is InChI=1S/C13H11N3O3/c1-8-4-5-9(7-15-8)16-12(17)11-10(13(18)19)3-2-6-14-11/h2-7H,1H3,(H,16,17)(H,18,19). The second-order valence-electron chi connectivity index (χ2n) is 3.85. The van der Waals surface area contributed by atoms with E-state index < -0.39 is 11.9 Å². The van der Waals surface area contributed by atoms with E-state index in [4.69, 9.17) is 5.11 Å². The number of hydrogen-bond donors (Lipinski definition) is 2. The van der Waals surface area contributed by atoms with Crippen molar-refractivity contribution >= 4 is 17.6 Å². The van der Waals surface area contributed by atoms with Crippen LogP contribution < -0.4 is 5.32 Å². The lowest BCUT2D eigenvalue weighted by atomic mass is 10.2. The Bertz CT molecular complexity index is 623. The SMILES string of the molecule is Cc1ccc(NC(=O)c2ncccc2C(=O)O)cn1. The molecule has 0 fully saturated rings. The van der Waals surface area contributed by atoms with Crippen molar-refractivity contribution in [3.63, 3.8) is 0 Å². The third-order valence-electron chi connectivity index (χ3n) is 2.42. The molecule has 0 atom stereocenters. The van der Waals surface area contributed by atoms with Crippen LogP contribution in [0.5, 0.6) is 0 Å². The van der Waals surface area contributed by atoms with Crippen LogP contribution in [0.25, 0.3) is 0 Å². The zero-order valence-corrected chi connectivity index (χ0v) is 10.1. The molecule has 0 aromatic carbocycles. The van der Waals surface area contributed by atoms with Gasteiger partial charge < -0.3 is 10.4 Å². The van der Waals surface area contributed by atoms with Crippen molar-refractivity contribution in [2.45, 2.75) is 6.92 Å². The van der Waals surface area contributed by atoms with Crippen molar-refractivity contribution in [2.75, 3.05) is 5.32 Å². The van der Waals surface area contributed by atoms with Gasteiger partial charge in [0.25, 0.3) is 5.91 Å². The molecule has 2 heterocycles. The summed E-state index contributed by atoms with van der Waals surface area (Å²) < 4.78 is 0.